The molecular weight excluding hydrogens is 696 g/mol. The molecule has 0 spiro atoms. The maximum atomic E-state index is 12.5. The van der Waals surface area contributed by atoms with Crippen LogP contribution in [0.15, 0.2) is 23.8 Å². The van der Waals surface area contributed by atoms with Crippen molar-refractivity contribution in [2.45, 2.75) is 140 Å². The van der Waals surface area contributed by atoms with Gasteiger partial charge in [-0.2, -0.15) is 0 Å². The van der Waals surface area contributed by atoms with Crippen molar-refractivity contribution in [1.29, 1.82) is 0 Å². The minimum absolute atomic E-state index is 0.0368. The first-order valence-corrected chi connectivity index (χ1v) is 19.0. The number of rotatable bonds is 8. The number of allylic oxidation sites excluding steroid dienone is 1. The Morgan fingerprint density at radius 3 is 2.34 bits per heavy atom. The number of aliphatic hydroxyl groups excluding tert-OH is 4. The van der Waals surface area contributed by atoms with Gasteiger partial charge in [-0.25, -0.2) is 4.79 Å². The van der Waals surface area contributed by atoms with Crippen molar-refractivity contribution in [3.8, 4) is 0 Å². The van der Waals surface area contributed by atoms with Gasteiger partial charge < -0.3 is 58.7 Å². The summed E-state index contributed by atoms with van der Waals surface area (Å²) >= 11 is 0. The van der Waals surface area contributed by atoms with E-state index >= 15 is 0 Å². The molecule has 4 aliphatic carbocycles. The number of cyclic esters (lactones) is 1. The van der Waals surface area contributed by atoms with Gasteiger partial charge in [0, 0.05) is 25.3 Å². The quantitative estimate of drug-likeness (QED) is 0.100. The van der Waals surface area contributed by atoms with Crippen LogP contribution in [0.4, 0.5) is 0 Å². The van der Waals surface area contributed by atoms with Crippen molar-refractivity contribution in [3.63, 3.8) is 0 Å². The summed E-state index contributed by atoms with van der Waals surface area (Å²) in [6.07, 6.45) is -1.61. The Morgan fingerprint density at radius 2 is 1.66 bits per heavy atom. The van der Waals surface area contributed by atoms with Gasteiger partial charge in [-0.1, -0.05) is 26.0 Å². The molecular formula is C38H54O15. The van der Waals surface area contributed by atoms with Crippen molar-refractivity contribution < 1.29 is 73.1 Å². The zero-order chi connectivity index (χ0) is 38.0. The van der Waals surface area contributed by atoms with E-state index in [9.17, 15) is 39.9 Å². The smallest absolute Gasteiger partial charge is 0.331 e. The molecule has 7 aliphatic rings. The lowest BCUT2D eigenvalue weighted by Crippen LogP contribution is -2.65. The molecule has 3 heterocycles. The zero-order valence-corrected chi connectivity index (χ0v) is 30.7. The molecule has 17 unspecified atom stereocenters. The molecule has 3 aliphatic heterocycles. The minimum atomic E-state index is -1.68. The first-order chi connectivity index (χ1) is 25.1. The fourth-order valence-electron chi connectivity index (χ4n) is 11.0. The van der Waals surface area contributed by atoms with Crippen LogP contribution in [0.3, 0.4) is 0 Å². The topological polar surface area (TPSA) is 217 Å². The standard InChI is InChI=1S/C38H54O15/c1-18(40)49-32-31(53-34-30(45)29(44)26(42)17-48-34)27(15-39)52-35(33(32)50-19(2)41)51-22-7-10-36(3)21(14-22)5-6-25-24(36)8-11-37(4)23(9-12-38(25,37)46)20-13-28(43)47-16-20/h8,11,13,21-27,29-35,39,42,44-46H,5-7,9-10,12,14-17H2,1-4H3. The van der Waals surface area contributed by atoms with Crippen LogP contribution in [-0.4, -0.2) is 130 Å². The van der Waals surface area contributed by atoms with E-state index in [-0.39, 0.29) is 54.4 Å². The second kappa shape index (κ2) is 14.6. The molecule has 0 radical (unpaired) electrons. The van der Waals surface area contributed by atoms with Crippen molar-refractivity contribution in [2.24, 2.45) is 34.5 Å². The van der Waals surface area contributed by atoms with Crippen LogP contribution in [-0.2, 0) is 47.5 Å². The van der Waals surface area contributed by atoms with Crippen LogP contribution in [0.2, 0.25) is 0 Å². The van der Waals surface area contributed by atoms with Gasteiger partial charge in [0.1, 0.15) is 37.1 Å². The Kier molecular flexibility index (Phi) is 10.7. The summed E-state index contributed by atoms with van der Waals surface area (Å²) in [5.74, 6) is -1.31. The Hall–Kier alpha value is -2.47. The number of esters is 3. The van der Waals surface area contributed by atoms with Crippen molar-refractivity contribution in [3.05, 3.63) is 23.8 Å². The number of ether oxygens (including phenoxy) is 7. The van der Waals surface area contributed by atoms with E-state index in [1.54, 1.807) is 6.08 Å². The van der Waals surface area contributed by atoms with Gasteiger partial charge in [0.2, 0.25) is 0 Å². The van der Waals surface area contributed by atoms with Gasteiger partial charge in [0.25, 0.3) is 0 Å². The van der Waals surface area contributed by atoms with Gasteiger partial charge in [-0.15, -0.1) is 0 Å². The third-order valence-electron chi connectivity index (χ3n) is 13.8. The highest BCUT2D eigenvalue weighted by molar-refractivity contribution is 5.85. The average Bonchev–Trinajstić information content (AvgIpc) is 3.66. The predicted octanol–water partition coefficient (Wildman–Crippen LogP) is 0.809. The largest absolute Gasteiger partial charge is 0.458 e. The molecule has 0 amide bonds. The predicted molar refractivity (Wildman–Crippen MR) is 180 cm³/mol. The summed E-state index contributed by atoms with van der Waals surface area (Å²) in [4.78, 5) is 36.7. The Bertz CT molecular complexity index is 1480. The summed E-state index contributed by atoms with van der Waals surface area (Å²) in [7, 11) is 0. The molecule has 5 N–H and O–H groups in total. The van der Waals surface area contributed by atoms with E-state index in [0.717, 1.165) is 38.2 Å². The first kappa shape index (κ1) is 38.8. The molecule has 5 fully saturated rings. The molecule has 17 atom stereocenters. The molecule has 2 saturated heterocycles. The third kappa shape index (κ3) is 6.67. The number of hydrogen-bond acceptors (Lipinski definition) is 15. The van der Waals surface area contributed by atoms with Crippen molar-refractivity contribution in [1.82, 2.24) is 0 Å². The molecule has 3 saturated carbocycles. The second-order valence-electron chi connectivity index (χ2n) is 16.7. The maximum absolute atomic E-state index is 12.5. The molecule has 15 nitrogen and oxygen atoms in total. The second-order valence-corrected chi connectivity index (χ2v) is 16.7. The monoisotopic (exact) mass is 750 g/mol. The van der Waals surface area contributed by atoms with Gasteiger partial charge in [0.15, 0.2) is 24.8 Å². The van der Waals surface area contributed by atoms with Gasteiger partial charge in [0.05, 0.1) is 24.9 Å². The molecule has 53 heavy (non-hydrogen) atoms. The fraction of sp³-hybridized carbons (Fsp3) is 0.816. The van der Waals surface area contributed by atoms with E-state index in [2.05, 4.69) is 26.0 Å². The minimum Gasteiger partial charge on any atom is -0.458 e. The lowest BCUT2D eigenvalue weighted by molar-refractivity contribution is -0.355. The lowest BCUT2D eigenvalue weighted by Gasteiger charge is -2.61. The maximum Gasteiger partial charge on any atom is 0.331 e. The summed E-state index contributed by atoms with van der Waals surface area (Å²) < 4.78 is 40.7. The third-order valence-corrected chi connectivity index (χ3v) is 13.8. The van der Waals surface area contributed by atoms with Crippen LogP contribution in [0.25, 0.3) is 0 Å². The Balaban J connectivity index is 1.08. The average molecular weight is 751 g/mol. The van der Waals surface area contributed by atoms with E-state index in [4.69, 9.17) is 33.2 Å². The highest BCUT2D eigenvalue weighted by Gasteiger charge is 2.66. The normalized spacial score (nSPS) is 49.2. The number of hydrogen-bond donors (Lipinski definition) is 5. The molecule has 15 heteroatoms. The summed E-state index contributed by atoms with van der Waals surface area (Å²) in [5, 5.41) is 53.6. The van der Waals surface area contributed by atoms with E-state index in [0.29, 0.717) is 19.3 Å². The van der Waals surface area contributed by atoms with Crippen molar-refractivity contribution in [2.75, 3.05) is 19.8 Å². The fourth-order valence-corrected chi connectivity index (χ4v) is 11.0. The van der Waals surface area contributed by atoms with E-state index < -0.39 is 84.9 Å². The number of carbonyl (C=O) groups is 3. The van der Waals surface area contributed by atoms with Crippen molar-refractivity contribution >= 4 is 17.9 Å². The van der Waals surface area contributed by atoms with Crippen LogP contribution in [0, 0.1) is 34.5 Å². The summed E-state index contributed by atoms with van der Waals surface area (Å²) in [5.41, 5.74) is -0.595. The molecule has 7 rings (SSSR count). The van der Waals surface area contributed by atoms with Crippen LogP contribution in [0.1, 0.15) is 72.6 Å². The summed E-state index contributed by atoms with van der Waals surface area (Å²) in [6, 6.07) is 0. The zero-order valence-electron chi connectivity index (χ0n) is 30.7. The number of carbonyl (C=O) groups excluding carboxylic acids is 3. The first-order valence-electron chi connectivity index (χ1n) is 19.0. The lowest BCUT2D eigenvalue weighted by atomic mass is 9.45. The Labute approximate surface area is 308 Å². The number of fused-ring (bicyclic) bond motifs is 5. The highest BCUT2D eigenvalue weighted by atomic mass is 16.8. The van der Waals surface area contributed by atoms with Gasteiger partial charge in [-0.05, 0) is 79.6 Å². The van der Waals surface area contributed by atoms with Crippen LogP contribution < -0.4 is 0 Å². The SMILES string of the molecule is CC(=O)OC1C(OC2CCC3(C)C(CCC4C3C=CC3(C)C(C5=CC(=O)OC5)CCC43O)C2)OC(CO)C(OC2OCC(O)C(O)C2O)C1OC(C)=O. The van der Waals surface area contributed by atoms with Gasteiger partial charge >= 0.3 is 17.9 Å². The van der Waals surface area contributed by atoms with Crippen LogP contribution in [0.5, 0.6) is 0 Å². The Morgan fingerprint density at radius 1 is 0.925 bits per heavy atom. The van der Waals surface area contributed by atoms with E-state index in [1.807, 2.05) is 0 Å². The van der Waals surface area contributed by atoms with Crippen LogP contribution >= 0.6 is 0 Å². The van der Waals surface area contributed by atoms with E-state index in [1.165, 1.54) is 6.92 Å². The molecule has 0 bridgehead atoms. The molecule has 0 aromatic heterocycles. The molecule has 0 aromatic carbocycles. The number of aliphatic hydroxyl groups is 5. The summed E-state index contributed by atoms with van der Waals surface area (Å²) in [6.45, 7) is 6.07. The highest BCUT2D eigenvalue weighted by Crippen LogP contribution is 2.67. The molecule has 296 valence electrons. The molecule has 0 aromatic rings. The van der Waals surface area contributed by atoms with Gasteiger partial charge in [-0.3, -0.25) is 9.59 Å².